The number of rotatable bonds is 9. The summed E-state index contributed by atoms with van der Waals surface area (Å²) in [6.45, 7) is -0.999. The van der Waals surface area contributed by atoms with E-state index in [0.29, 0.717) is 6.07 Å². The van der Waals surface area contributed by atoms with Crippen molar-refractivity contribution in [3.05, 3.63) is 38.4 Å². The summed E-state index contributed by atoms with van der Waals surface area (Å²) in [6, 6.07) is 2.67. The van der Waals surface area contributed by atoms with E-state index < -0.39 is 50.9 Å². The Morgan fingerprint density at radius 1 is 1.26 bits per heavy atom. The van der Waals surface area contributed by atoms with Crippen LogP contribution in [-0.4, -0.2) is 47.2 Å². The zero-order chi connectivity index (χ0) is 17.6. The molecule has 0 amide bonds. The Kier molecular flexibility index (Phi) is 6.28. The van der Waals surface area contributed by atoms with Gasteiger partial charge in [0.25, 0.3) is 5.69 Å². The molecule has 0 spiro atoms. The molecule has 1 atom stereocenters. The van der Waals surface area contributed by atoms with Gasteiger partial charge in [-0.2, -0.15) is 18.2 Å². The van der Waals surface area contributed by atoms with E-state index in [9.17, 15) is 33.8 Å². The number of benzene rings is 1. The van der Waals surface area contributed by atoms with Gasteiger partial charge in [-0.05, 0) is 6.07 Å². The van der Waals surface area contributed by atoms with Gasteiger partial charge in [-0.15, -0.1) is 0 Å². The third-order valence-corrected chi connectivity index (χ3v) is 2.59. The summed E-state index contributed by atoms with van der Waals surface area (Å²) in [7, 11) is -4.73. The molecule has 128 valence electrons. The molecule has 0 bridgehead atoms. The lowest BCUT2D eigenvalue weighted by atomic mass is 10.2. The van der Waals surface area contributed by atoms with Crippen molar-refractivity contribution in [2.24, 2.45) is 0 Å². The molecule has 0 radical (unpaired) electrons. The van der Waals surface area contributed by atoms with Crippen LogP contribution in [0.4, 0.5) is 11.4 Å². The Labute approximate surface area is 128 Å². The zero-order valence-corrected chi connectivity index (χ0v) is 12.0. The maximum atomic E-state index is 10.8. The lowest BCUT2D eigenvalue weighted by Crippen LogP contribution is -2.33. The molecule has 1 rings (SSSR count). The molecule has 0 aliphatic heterocycles. The fraction of sp³-hybridized carbons (Fsp3) is 0.333. The second-order valence-corrected chi connectivity index (χ2v) is 5.01. The van der Waals surface area contributed by atoms with E-state index in [1.54, 1.807) is 5.48 Å². The number of nitro benzene ring substituents is 2. The smallest absolute Gasteiger partial charge is 0.413 e. The van der Waals surface area contributed by atoms with Crippen LogP contribution >= 0.6 is 0 Å². The molecule has 1 unspecified atom stereocenters. The van der Waals surface area contributed by atoms with Crippen molar-refractivity contribution in [3.63, 3.8) is 0 Å². The Morgan fingerprint density at radius 2 is 1.91 bits per heavy atom. The third-order valence-electron chi connectivity index (χ3n) is 2.26. The average molecular weight is 353 g/mol. The van der Waals surface area contributed by atoms with E-state index in [4.69, 9.17) is 9.29 Å². The van der Waals surface area contributed by atoms with Crippen LogP contribution in [0.25, 0.3) is 0 Å². The highest BCUT2D eigenvalue weighted by Gasteiger charge is 2.21. The monoisotopic (exact) mass is 353 g/mol. The number of hydrogen-bond acceptors (Lipinski definition) is 10. The predicted octanol–water partition coefficient (Wildman–Crippen LogP) is -0.433. The minimum atomic E-state index is -4.73. The summed E-state index contributed by atoms with van der Waals surface area (Å²) in [5, 5.41) is 30.9. The number of aliphatic hydroxyl groups excluding tert-OH is 1. The van der Waals surface area contributed by atoms with Gasteiger partial charge in [-0.3, -0.25) is 24.8 Å². The van der Waals surface area contributed by atoms with Crippen LogP contribution in [0.15, 0.2) is 18.2 Å². The SMILES string of the molecule is O=[N+]([O-])c1ccc(OCC(O)CNOS(=O)(=O)O)c([N+](=O)[O-])c1. The first-order valence-electron chi connectivity index (χ1n) is 5.72. The largest absolute Gasteiger partial charge is 0.484 e. The summed E-state index contributed by atoms with van der Waals surface area (Å²) in [5.74, 6) is -0.324. The van der Waals surface area contributed by atoms with Crippen LogP contribution in [0.5, 0.6) is 5.75 Å². The first kappa shape index (κ1) is 18.7. The van der Waals surface area contributed by atoms with Crippen molar-refractivity contribution < 1.29 is 36.9 Å². The second-order valence-electron chi connectivity index (χ2n) is 3.99. The molecular formula is C9H11N3O10S. The van der Waals surface area contributed by atoms with Crippen molar-refractivity contribution in [1.29, 1.82) is 0 Å². The maximum absolute atomic E-state index is 10.8. The van der Waals surface area contributed by atoms with Gasteiger partial charge in [-0.1, -0.05) is 0 Å². The van der Waals surface area contributed by atoms with Gasteiger partial charge in [-0.25, -0.2) is 0 Å². The molecule has 3 N–H and O–H groups in total. The first-order valence-corrected chi connectivity index (χ1v) is 7.09. The fourth-order valence-corrected chi connectivity index (χ4v) is 1.55. The Balaban J connectivity index is 2.66. The second kappa shape index (κ2) is 7.75. The molecule has 0 fully saturated rings. The van der Waals surface area contributed by atoms with Crippen LogP contribution in [-0.2, 0) is 14.7 Å². The zero-order valence-electron chi connectivity index (χ0n) is 11.2. The molecule has 0 aliphatic rings. The first-order chi connectivity index (χ1) is 10.6. The molecule has 13 nitrogen and oxygen atoms in total. The molecule has 14 heteroatoms. The molecule has 0 saturated carbocycles. The summed E-state index contributed by atoms with van der Waals surface area (Å²) in [6.07, 6.45) is -1.36. The molecule has 0 heterocycles. The molecular weight excluding hydrogens is 342 g/mol. The Morgan fingerprint density at radius 3 is 2.43 bits per heavy atom. The van der Waals surface area contributed by atoms with Crippen molar-refractivity contribution >= 4 is 21.8 Å². The van der Waals surface area contributed by atoms with E-state index in [1.165, 1.54) is 0 Å². The molecule has 0 saturated heterocycles. The number of nitro groups is 2. The normalized spacial score (nSPS) is 12.6. The van der Waals surface area contributed by atoms with E-state index in [0.717, 1.165) is 12.1 Å². The van der Waals surface area contributed by atoms with E-state index >= 15 is 0 Å². The number of aliphatic hydroxyl groups is 1. The van der Waals surface area contributed by atoms with Crippen LogP contribution in [0.3, 0.4) is 0 Å². The van der Waals surface area contributed by atoms with Gasteiger partial charge in [0.1, 0.15) is 12.7 Å². The summed E-state index contributed by atoms with van der Waals surface area (Å²) in [4.78, 5) is 19.7. The van der Waals surface area contributed by atoms with Crippen LogP contribution < -0.4 is 10.2 Å². The summed E-state index contributed by atoms with van der Waals surface area (Å²) < 4.78 is 37.4. The van der Waals surface area contributed by atoms with Crippen LogP contribution in [0, 0.1) is 20.2 Å². The number of hydrogen-bond donors (Lipinski definition) is 3. The average Bonchev–Trinajstić information content (AvgIpc) is 2.43. The van der Waals surface area contributed by atoms with Crippen molar-refractivity contribution in [2.75, 3.05) is 13.2 Å². The number of nitrogens with one attached hydrogen (secondary N) is 1. The van der Waals surface area contributed by atoms with Crippen molar-refractivity contribution in [3.8, 4) is 5.75 Å². The molecule has 1 aromatic rings. The lowest BCUT2D eigenvalue weighted by molar-refractivity contribution is -0.394. The standard InChI is InChI=1S/C9H11N3O10S/c13-7(4-10-22-23(18,19)20)5-21-9-2-1-6(11(14)15)3-8(9)12(16)17/h1-3,7,10,13H,4-5H2,(H,18,19,20). The van der Waals surface area contributed by atoms with Gasteiger partial charge in [0.05, 0.1) is 22.5 Å². The Bertz CT molecular complexity index is 691. The van der Waals surface area contributed by atoms with E-state index in [2.05, 4.69) is 4.28 Å². The summed E-state index contributed by atoms with van der Waals surface area (Å²) >= 11 is 0. The minimum absolute atomic E-state index is 0.324. The predicted molar refractivity (Wildman–Crippen MR) is 71.9 cm³/mol. The molecule has 1 aromatic carbocycles. The van der Waals surface area contributed by atoms with E-state index in [1.807, 2.05) is 0 Å². The molecule has 0 aromatic heterocycles. The third kappa shape index (κ3) is 6.49. The van der Waals surface area contributed by atoms with Gasteiger partial charge >= 0.3 is 16.1 Å². The van der Waals surface area contributed by atoms with Crippen LogP contribution in [0.1, 0.15) is 0 Å². The highest BCUT2D eigenvalue weighted by molar-refractivity contribution is 7.80. The van der Waals surface area contributed by atoms with Gasteiger partial charge in [0, 0.05) is 6.07 Å². The molecule has 0 aliphatic carbocycles. The highest BCUT2D eigenvalue weighted by atomic mass is 32.3. The van der Waals surface area contributed by atoms with Gasteiger partial charge < -0.3 is 9.84 Å². The number of nitrogens with zero attached hydrogens (tertiary/aromatic N) is 2. The Hall–Kier alpha value is -2.39. The maximum Gasteiger partial charge on any atom is 0.413 e. The van der Waals surface area contributed by atoms with Gasteiger partial charge in [0.15, 0.2) is 5.75 Å². The minimum Gasteiger partial charge on any atom is -0.484 e. The number of ether oxygens (including phenoxy) is 1. The van der Waals surface area contributed by atoms with Gasteiger partial charge in [0.2, 0.25) is 0 Å². The lowest BCUT2D eigenvalue weighted by Gasteiger charge is -2.12. The van der Waals surface area contributed by atoms with Crippen molar-refractivity contribution in [1.82, 2.24) is 5.48 Å². The highest BCUT2D eigenvalue weighted by Crippen LogP contribution is 2.30. The van der Waals surface area contributed by atoms with Crippen molar-refractivity contribution in [2.45, 2.75) is 6.10 Å². The quantitative estimate of drug-likeness (QED) is 0.296. The van der Waals surface area contributed by atoms with E-state index in [-0.39, 0.29) is 5.75 Å². The van der Waals surface area contributed by atoms with Crippen LogP contribution in [0.2, 0.25) is 0 Å². The number of hydroxylamine groups is 1. The molecule has 23 heavy (non-hydrogen) atoms. The summed E-state index contributed by atoms with van der Waals surface area (Å²) in [5.41, 5.74) is 0.552. The number of non-ortho nitro benzene ring substituents is 1. The fourth-order valence-electron chi connectivity index (χ4n) is 1.33. The topological polar surface area (TPSA) is 191 Å².